The summed E-state index contributed by atoms with van der Waals surface area (Å²) in [4.78, 5) is 36.7. The summed E-state index contributed by atoms with van der Waals surface area (Å²) in [7, 11) is 0. The number of aliphatic hydroxyl groups excluding tert-OH is 1. The number of ether oxygens (including phenoxy) is 1. The van der Waals surface area contributed by atoms with E-state index in [2.05, 4.69) is 9.88 Å². The Morgan fingerprint density at radius 2 is 1.52 bits per heavy atom. The first-order chi connectivity index (χ1) is 21.3. The van der Waals surface area contributed by atoms with Gasteiger partial charge in [0.1, 0.15) is 18.5 Å². The number of carbonyl (C=O) groups is 2. The molecule has 3 amide bonds. The number of likely N-dealkylation sites (tertiary alicyclic amines) is 2. The van der Waals surface area contributed by atoms with Crippen LogP contribution < -0.4 is 4.74 Å². The quantitative estimate of drug-likeness (QED) is 0.393. The number of hydrogen-bond donors (Lipinski definition) is 2. The fourth-order valence-corrected chi connectivity index (χ4v) is 10.2. The molecule has 8 heteroatoms. The van der Waals surface area contributed by atoms with Gasteiger partial charge in [-0.15, -0.1) is 0 Å². The number of amides is 3. The Bertz CT molecular complexity index is 1290. The molecule has 0 spiro atoms. The highest BCUT2D eigenvalue weighted by Crippen LogP contribution is 2.60. The highest BCUT2D eigenvalue weighted by molar-refractivity contribution is 5.85. The molecule has 44 heavy (non-hydrogen) atoms. The number of H-pyrrole nitrogens is 1. The molecular formula is C36H52N4O4. The number of carbonyl (C=O) groups excluding carboxylic acids is 2. The number of urea groups is 1. The second-order valence-corrected chi connectivity index (χ2v) is 15.3. The number of aromatic nitrogens is 1. The minimum absolute atomic E-state index is 0.0150. The monoisotopic (exact) mass is 604 g/mol. The number of aromatic amines is 1. The van der Waals surface area contributed by atoms with E-state index < -0.39 is 6.10 Å². The summed E-state index contributed by atoms with van der Waals surface area (Å²) in [6.07, 6.45) is 13.0. The van der Waals surface area contributed by atoms with E-state index in [0.29, 0.717) is 17.7 Å². The van der Waals surface area contributed by atoms with Crippen LogP contribution in [0.2, 0.25) is 0 Å². The molecule has 2 N–H and O–H groups in total. The fraction of sp³-hybridized carbons (Fsp3) is 0.722. The summed E-state index contributed by atoms with van der Waals surface area (Å²) >= 11 is 0. The summed E-state index contributed by atoms with van der Waals surface area (Å²) in [5, 5.41) is 11.8. The SMILES string of the molecule is CC(C)N(CC(O)COc1cccc2[nH]ccc12)C(=O)N1CCC(C2CCN(C(=O)C34CC5CC(CC(C5)C3)C4)CC2)CC1. The highest BCUT2D eigenvalue weighted by atomic mass is 16.5. The number of fused-ring (bicyclic) bond motifs is 1. The Labute approximate surface area is 262 Å². The molecule has 4 saturated carbocycles. The fourth-order valence-electron chi connectivity index (χ4n) is 10.2. The van der Waals surface area contributed by atoms with E-state index >= 15 is 0 Å². The first-order valence-electron chi connectivity index (χ1n) is 17.5. The van der Waals surface area contributed by atoms with Gasteiger partial charge in [-0.3, -0.25) is 4.79 Å². The van der Waals surface area contributed by atoms with E-state index in [1.165, 1.54) is 19.3 Å². The molecule has 2 aliphatic heterocycles. The molecule has 2 aromatic rings. The number of benzene rings is 1. The van der Waals surface area contributed by atoms with Crippen molar-refractivity contribution in [3.8, 4) is 5.75 Å². The minimum atomic E-state index is -0.778. The van der Waals surface area contributed by atoms with Crippen LogP contribution in [0.25, 0.3) is 10.9 Å². The molecule has 6 aliphatic rings. The summed E-state index contributed by atoms with van der Waals surface area (Å²) < 4.78 is 5.96. The molecule has 0 radical (unpaired) electrons. The lowest BCUT2D eigenvalue weighted by Gasteiger charge is -2.57. The van der Waals surface area contributed by atoms with Crippen LogP contribution in [0.4, 0.5) is 4.79 Å². The predicted octanol–water partition coefficient (Wildman–Crippen LogP) is 5.91. The predicted molar refractivity (Wildman–Crippen MR) is 171 cm³/mol. The molecule has 4 bridgehead atoms. The van der Waals surface area contributed by atoms with E-state index in [-0.39, 0.29) is 30.6 Å². The molecule has 1 atom stereocenters. The molecular weight excluding hydrogens is 552 g/mol. The van der Waals surface area contributed by atoms with E-state index in [4.69, 9.17) is 4.74 Å². The molecule has 1 aromatic heterocycles. The second-order valence-electron chi connectivity index (χ2n) is 15.3. The maximum Gasteiger partial charge on any atom is 0.320 e. The van der Waals surface area contributed by atoms with Gasteiger partial charge < -0.3 is 29.5 Å². The van der Waals surface area contributed by atoms with Gasteiger partial charge in [0.2, 0.25) is 5.91 Å². The minimum Gasteiger partial charge on any atom is -0.490 e. The van der Waals surface area contributed by atoms with Gasteiger partial charge in [-0.2, -0.15) is 0 Å². The zero-order valence-electron chi connectivity index (χ0n) is 26.8. The Hall–Kier alpha value is -2.74. The third-order valence-corrected chi connectivity index (χ3v) is 12.1. The van der Waals surface area contributed by atoms with Crippen molar-refractivity contribution < 1.29 is 19.4 Å². The van der Waals surface area contributed by atoms with Crippen molar-refractivity contribution in [1.29, 1.82) is 0 Å². The molecule has 8 rings (SSSR count). The second kappa shape index (κ2) is 12.2. The van der Waals surface area contributed by atoms with Gasteiger partial charge in [0.15, 0.2) is 0 Å². The largest absolute Gasteiger partial charge is 0.490 e. The first kappa shape index (κ1) is 29.9. The van der Waals surface area contributed by atoms with Crippen molar-refractivity contribution in [3.63, 3.8) is 0 Å². The number of nitrogens with zero attached hydrogens (tertiary/aromatic N) is 3. The van der Waals surface area contributed by atoms with Gasteiger partial charge in [0, 0.05) is 49.3 Å². The van der Waals surface area contributed by atoms with E-state index in [1.807, 2.05) is 49.2 Å². The number of nitrogens with one attached hydrogen (secondary N) is 1. The Morgan fingerprint density at radius 1 is 0.932 bits per heavy atom. The third-order valence-electron chi connectivity index (χ3n) is 12.1. The molecule has 2 saturated heterocycles. The smallest absolute Gasteiger partial charge is 0.320 e. The van der Waals surface area contributed by atoms with Gasteiger partial charge in [0.05, 0.1) is 12.0 Å². The Kier molecular flexibility index (Phi) is 8.32. The molecule has 4 aliphatic carbocycles. The van der Waals surface area contributed by atoms with Crippen molar-refractivity contribution in [3.05, 3.63) is 30.5 Å². The van der Waals surface area contributed by atoms with Crippen LogP contribution in [0.3, 0.4) is 0 Å². The Balaban J connectivity index is 0.872. The standard InChI is InChI=1S/C36H52N4O4/c1-24(2)40(22-30(41)23-44-33-5-3-4-32-31(33)6-11-37-32)35(43)39-14-9-29(10-15-39)28-7-12-38(13-8-28)34(42)36-19-25-16-26(20-36)18-27(17-25)21-36/h3-6,11,24-30,37,41H,7-10,12-23H2,1-2H3. The average Bonchev–Trinajstić information content (AvgIpc) is 3.51. The maximum absolute atomic E-state index is 13.9. The summed E-state index contributed by atoms with van der Waals surface area (Å²) in [5.41, 5.74) is 0.974. The number of hydrogen-bond acceptors (Lipinski definition) is 4. The van der Waals surface area contributed by atoms with Gasteiger partial charge in [0.25, 0.3) is 0 Å². The summed E-state index contributed by atoms with van der Waals surface area (Å²) in [6.45, 7) is 7.77. The number of rotatable bonds is 8. The molecule has 6 fully saturated rings. The average molecular weight is 605 g/mol. The number of piperidine rings is 2. The van der Waals surface area contributed by atoms with E-state index in [9.17, 15) is 14.7 Å². The van der Waals surface area contributed by atoms with E-state index in [1.54, 1.807) is 4.90 Å². The van der Waals surface area contributed by atoms with Gasteiger partial charge >= 0.3 is 6.03 Å². The summed E-state index contributed by atoms with van der Waals surface area (Å²) in [5.74, 6) is 4.93. The summed E-state index contributed by atoms with van der Waals surface area (Å²) in [6, 6.07) is 7.80. The lowest BCUT2D eigenvalue weighted by Crippen LogP contribution is -2.56. The molecule has 3 heterocycles. The highest BCUT2D eigenvalue weighted by Gasteiger charge is 2.55. The molecule has 1 aromatic carbocycles. The van der Waals surface area contributed by atoms with Crippen molar-refractivity contribution in [1.82, 2.24) is 19.7 Å². The molecule has 1 unspecified atom stereocenters. The first-order valence-corrected chi connectivity index (χ1v) is 17.5. The van der Waals surface area contributed by atoms with Crippen LogP contribution in [-0.2, 0) is 4.79 Å². The van der Waals surface area contributed by atoms with Crippen molar-refractivity contribution in [2.45, 2.75) is 90.2 Å². The topological polar surface area (TPSA) is 89.1 Å². The van der Waals surface area contributed by atoms with Gasteiger partial charge in [-0.1, -0.05) is 6.07 Å². The van der Waals surface area contributed by atoms with E-state index in [0.717, 1.165) is 106 Å². The normalized spacial score (nSPS) is 29.9. The zero-order chi connectivity index (χ0) is 30.4. The van der Waals surface area contributed by atoms with Crippen LogP contribution in [0.5, 0.6) is 5.75 Å². The van der Waals surface area contributed by atoms with Crippen LogP contribution in [0, 0.1) is 35.0 Å². The number of aliphatic hydroxyl groups is 1. The van der Waals surface area contributed by atoms with Crippen molar-refractivity contribution in [2.24, 2.45) is 35.0 Å². The zero-order valence-corrected chi connectivity index (χ0v) is 26.8. The van der Waals surface area contributed by atoms with Crippen molar-refractivity contribution in [2.75, 3.05) is 39.3 Å². The lowest BCUT2D eigenvalue weighted by molar-refractivity contribution is -0.159. The van der Waals surface area contributed by atoms with Gasteiger partial charge in [-0.05, 0) is 126 Å². The molecule has 8 nitrogen and oxygen atoms in total. The molecule has 240 valence electrons. The lowest BCUT2D eigenvalue weighted by atomic mass is 9.49. The maximum atomic E-state index is 13.9. The van der Waals surface area contributed by atoms with Gasteiger partial charge in [-0.25, -0.2) is 4.79 Å². The Morgan fingerprint density at radius 3 is 2.11 bits per heavy atom. The van der Waals surface area contributed by atoms with Crippen molar-refractivity contribution >= 4 is 22.8 Å². The van der Waals surface area contributed by atoms with Crippen LogP contribution in [0.1, 0.15) is 78.1 Å². The van der Waals surface area contributed by atoms with Crippen LogP contribution in [-0.4, -0.2) is 88.2 Å². The van der Waals surface area contributed by atoms with Crippen LogP contribution in [0.15, 0.2) is 30.5 Å². The van der Waals surface area contributed by atoms with Crippen LogP contribution >= 0.6 is 0 Å². The third kappa shape index (κ3) is 5.83.